The van der Waals surface area contributed by atoms with Gasteiger partial charge in [-0.25, -0.2) is 9.67 Å². The zero-order valence-corrected chi connectivity index (χ0v) is 13.1. The minimum absolute atomic E-state index is 0.168. The van der Waals surface area contributed by atoms with E-state index in [2.05, 4.69) is 30.9 Å². The summed E-state index contributed by atoms with van der Waals surface area (Å²) in [6.07, 6.45) is 7.08. The summed E-state index contributed by atoms with van der Waals surface area (Å²) in [5, 5.41) is 4.24. The van der Waals surface area contributed by atoms with Crippen LogP contribution < -0.4 is 5.73 Å². The van der Waals surface area contributed by atoms with E-state index in [0.717, 1.165) is 31.6 Å². The average Bonchev–Trinajstić information content (AvgIpc) is 2.86. The van der Waals surface area contributed by atoms with E-state index in [1.54, 1.807) is 6.33 Å². The predicted molar refractivity (Wildman–Crippen MR) is 79.1 cm³/mol. The fourth-order valence-corrected chi connectivity index (χ4v) is 2.81. The predicted octanol–water partition coefficient (Wildman–Crippen LogP) is 2.50. The Morgan fingerprint density at radius 3 is 2.60 bits per heavy atom. The summed E-state index contributed by atoms with van der Waals surface area (Å²) in [5.41, 5.74) is 6.25. The van der Waals surface area contributed by atoms with Crippen molar-refractivity contribution in [3.8, 4) is 0 Å². The maximum absolute atomic E-state index is 6.20. The Labute approximate surface area is 121 Å². The van der Waals surface area contributed by atoms with Gasteiger partial charge in [0.25, 0.3) is 0 Å². The molecule has 0 radical (unpaired) electrons. The number of rotatable bonds is 6. The van der Waals surface area contributed by atoms with Crippen LogP contribution in [0.3, 0.4) is 0 Å². The van der Waals surface area contributed by atoms with Gasteiger partial charge in [-0.3, -0.25) is 0 Å². The second kappa shape index (κ2) is 6.22. The van der Waals surface area contributed by atoms with E-state index in [-0.39, 0.29) is 5.60 Å². The van der Waals surface area contributed by atoms with E-state index in [1.807, 2.05) is 4.68 Å². The largest absolute Gasteiger partial charge is 0.366 e. The first-order valence-corrected chi connectivity index (χ1v) is 7.71. The van der Waals surface area contributed by atoms with Crippen LogP contribution in [0.25, 0.3) is 0 Å². The lowest BCUT2D eigenvalue weighted by Gasteiger charge is -2.42. The fraction of sp³-hybridized carbons (Fsp3) is 0.867. The van der Waals surface area contributed by atoms with Crippen molar-refractivity contribution in [1.29, 1.82) is 0 Å². The lowest BCUT2D eigenvalue weighted by Crippen LogP contribution is -2.45. The van der Waals surface area contributed by atoms with Gasteiger partial charge in [0.05, 0.1) is 5.60 Å². The zero-order chi connectivity index (χ0) is 14.6. The van der Waals surface area contributed by atoms with Crippen molar-refractivity contribution in [3.05, 3.63) is 12.2 Å². The normalized spacial score (nSPS) is 21.0. The van der Waals surface area contributed by atoms with E-state index in [1.165, 1.54) is 12.8 Å². The topological polar surface area (TPSA) is 66.0 Å². The molecule has 1 aromatic heterocycles. The number of nitrogens with two attached hydrogens (primary N) is 1. The van der Waals surface area contributed by atoms with Crippen LogP contribution in [0.1, 0.15) is 58.7 Å². The molecule has 20 heavy (non-hydrogen) atoms. The van der Waals surface area contributed by atoms with Gasteiger partial charge in [-0.1, -0.05) is 20.8 Å². The minimum Gasteiger partial charge on any atom is -0.366 e. The van der Waals surface area contributed by atoms with E-state index in [4.69, 9.17) is 10.5 Å². The summed E-state index contributed by atoms with van der Waals surface area (Å²) in [4.78, 5) is 4.30. The number of hydrogen-bond donors (Lipinski definition) is 1. The van der Waals surface area contributed by atoms with Gasteiger partial charge in [0, 0.05) is 13.1 Å². The lowest BCUT2D eigenvalue weighted by molar-refractivity contribution is -0.0932. The highest BCUT2D eigenvalue weighted by Gasteiger charge is 2.38. The molecule has 1 aliphatic carbocycles. The molecule has 0 amide bonds. The van der Waals surface area contributed by atoms with Crippen molar-refractivity contribution in [2.24, 2.45) is 11.1 Å². The van der Waals surface area contributed by atoms with E-state index < -0.39 is 0 Å². The summed E-state index contributed by atoms with van der Waals surface area (Å²) in [7, 11) is 0. The van der Waals surface area contributed by atoms with Crippen LogP contribution in [-0.4, -0.2) is 26.9 Å². The second-order valence-electron chi connectivity index (χ2n) is 6.74. The standard InChI is InChI=1S/C15H28N4O/c1-4-9-19-13(17-12-18-19)10-20-15(11-16)7-5-14(2,3)6-8-15/h12H,4-11,16H2,1-3H3. The first kappa shape index (κ1) is 15.4. The maximum Gasteiger partial charge on any atom is 0.152 e. The Morgan fingerprint density at radius 2 is 2.00 bits per heavy atom. The highest BCUT2D eigenvalue weighted by molar-refractivity contribution is 4.92. The van der Waals surface area contributed by atoms with E-state index in [0.29, 0.717) is 18.6 Å². The molecule has 114 valence electrons. The first-order chi connectivity index (χ1) is 9.50. The summed E-state index contributed by atoms with van der Waals surface area (Å²) in [5.74, 6) is 0.907. The highest BCUT2D eigenvalue weighted by Crippen LogP contribution is 2.41. The Balaban J connectivity index is 1.95. The van der Waals surface area contributed by atoms with Crippen molar-refractivity contribution in [3.63, 3.8) is 0 Å². The molecule has 0 bridgehead atoms. The molecule has 1 saturated carbocycles. The third kappa shape index (κ3) is 3.58. The van der Waals surface area contributed by atoms with Crippen LogP contribution in [0.4, 0.5) is 0 Å². The van der Waals surface area contributed by atoms with Gasteiger partial charge in [0.1, 0.15) is 12.9 Å². The first-order valence-electron chi connectivity index (χ1n) is 7.71. The van der Waals surface area contributed by atoms with Gasteiger partial charge in [-0.05, 0) is 37.5 Å². The molecule has 2 N–H and O–H groups in total. The molecule has 0 atom stereocenters. The minimum atomic E-state index is -0.168. The molecule has 0 spiro atoms. The van der Waals surface area contributed by atoms with Crippen molar-refractivity contribution in [2.75, 3.05) is 6.54 Å². The van der Waals surface area contributed by atoms with Gasteiger partial charge < -0.3 is 10.5 Å². The van der Waals surface area contributed by atoms with Crippen LogP contribution in [-0.2, 0) is 17.9 Å². The van der Waals surface area contributed by atoms with Gasteiger partial charge in [-0.2, -0.15) is 5.10 Å². The fourth-order valence-electron chi connectivity index (χ4n) is 2.81. The molecule has 1 heterocycles. The van der Waals surface area contributed by atoms with Gasteiger partial charge in [0.2, 0.25) is 0 Å². The maximum atomic E-state index is 6.20. The summed E-state index contributed by atoms with van der Waals surface area (Å²) in [6, 6.07) is 0. The van der Waals surface area contributed by atoms with Gasteiger partial charge in [-0.15, -0.1) is 0 Å². The summed E-state index contributed by atoms with van der Waals surface area (Å²) >= 11 is 0. The third-order valence-electron chi connectivity index (χ3n) is 4.53. The highest BCUT2D eigenvalue weighted by atomic mass is 16.5. The Bertz CT molecular complexity index is 417. The number of ether oxygens (including phenoxy) is 1. The molecule has 0 unspecified atom stereocenters. The van der Waals surface area contributed by atoms with Crippen LogP contribution in [0.2, 0.25) is 0 Å². The quantitative estimate of drug-likeness (QED) is 0.869. The van der Waals surface area contributed by atoms with E-state index in [9.17, 15) is 0 Å². The summed E-state index contributed by atoms with van der Waals surface area (Å²) < 4.78 is 8.12. The monoisotopic (exact) mass is 280 g/mol. The molecule has 5 heteroatoms. The molecule has 5 nitrogen and oxygen atoms in total. The summed E-state index contributed by atoms with van der Waals surface area (Å²) in [6.45, 7) is 8.78. The van der Waals surface area contributed by atoms with Gasteiger partial charge in [0.15, 0.2) is 5.82 Å². The molecule has 0 aromatic carbocycles. The van der Waals surface area contributed by atoms with Gasteiger partial charge >= 0.3 is 0 Å². The molecular weight excluding hydrogens is 252 g/mol. The smallest absolute Gasteiger partial charge is 0.152 e. The molecule has 2 rings (SSSR count). The number of aromatic nitrogens is 3. The van der Waals surface area contributed by atoms with Crippen LogP contribution in [0.15, 0.2) is 6.33 Å². The molecular formula is C15H28N4O. The average molecular weight is 280 g/mol. The Morgan fingerprint density at radius 1 is 1.30 bits per heavy atom. The number of nitrogens with zero attached hydrogens (tertiary/aromatic N) is 3. The Hall–Kier alpha value is -0.940. The van der Waals surface area contributed by atoms with Crippen molar-refractivity contribution < 1.29 is 4.74 Å². The third-order valence-corrected chi connectivity index (χ3v) is 4.53. The van der Waals surface area contributed by atoms with Crippen LogP contribution in [0.5, 0.6) is 0 Å². The number of aryl methyl sites for hydroxylation is 1. The van der Waals surface area contributed by atoms with Crippen LogP contribution >= 0.6 is 0 Å². The number of hydrogen-bond acceptors (Lipinski definition) is 4. The van der Waals surface area contributed by atoms with Crippen molar-refractivity contribution >= 4 is 0 Å². The molecule has 1 aliphatic rings. The van der Waals surface area contributed by atoms with E-state index >= 15 is 0 Å². The van der Waals surface area contributed by atoms with Crippen molar-refractivity contribution in [1.82, 2.24) is 14.8 Å². The molecule has 0 saturated heterocycles. The molecule has 1 fully saturated rings. The Kier molecular flexibility index (Phi) is 4.81. The SMILES string of the molecule is CCCn1ncnc1COC1(CN)CCC(C)(C)CC1. The van der Waals surface area contributed by atoms with Crippen LogP contribution in [0, 0.1) is 5.41 Å². The zero-order valence-electron chi connectivity index (χ0n) is 13.1. The lowest BCUT2D eigenvalue weighted by atomic mass is 9.71. The molecule has 1 aromatic rings. The van der Waals surface area contributed by atoms with Crippen molar-refractivity contribution in [2.45, 2.75) is 71.6 Å². The molecule has 0 aliphatic heterocycles. The second-order valence-corrected chi connectivity index (χ2v) is 6.74.